The molecule has 1 atom stereocenters. The molecule has 2 heterocycles. The Balaban J connectivity index is 2.01. The summed E-state index contributed by atoms with van der Waals surface area (Å²) in [6, 6.07) is 1.94. The SMILES string of the molecule is CCC1CN(Cc2ccncc2Cl)CCC1=O. The lowest BCUT2D eigenvalue weighted by molar-refractivity contribution is -0.126. The van der Waals surface area contributed by atoms with Crippen molar-refractivity contribution >= 4 is 17.4 Å². The van der Waals surface area contributed by atoms with Crippen LogP contribution in [-0.2, 0) is 11.3 Å². The number of rotatable bonds is 3. The van der Waals surface area contributed by atoms with E-state index in [1.807, 2.05) is 6.07 Å². The van der Waals surface area contributed by atoms with Gasteiger partial charge < -0.3 is 0 Å². The number of hydrogen-bond donors (Lipinski definition) is 0. The van der Waals surface area contributed by atoms with Crippen LogP contribution < -0.4 is 0 Å². The molecule has 1 saturated heterocycles. The summed E-state index contributed by atoms with van der Waals surface area (Å²) in [7, 11) is 0. The Morgan fingerprint density at radius 1 is 1.59 bits per heavy atom. The molecule has 0 aromatic carbocycles. The minimum Gasteiger partial charge on any atom is -0.299 e. The van der Waals surface area contributed by atoms with Crippen molar-refractivity contribution in [3.8, 4) is 0 Å². The summed E-state index contributed by atoms with van der Waals surface area (Å²) in [4.78, 5) is 17.9. The maximum absolute atomic E-state index is 11.6. The molecule has 0 spiro atoms. The standard InChI is InChI=1S/C13H17ClN2O/c1-2-10-8-16(6-4-13(10)17)9-11-3-5-15-7-12(11)14/h3,5,7,10H,2,4,6,8-9H2,1H3. The van der Waals surface area contributed by atoms with Crippen molar-refractivity contribution in [1.29, 1.82) is 0 Å². The van der Waals surface area contributed by atoms with E-state index in [9.17, 15) is 4.79 Å². The fourth-order valence-corrected chi connectivity index (χ4v) is 2.43. The van der Waals surface area contributed by atoms with Gasteiger partial charge in [0.2, 0.25) is 0 Å². The van der Waals surface area contributed by atoms with E-state index in [-0.39, 0.29) is 5.92 Å². The Kier molecular flexibility index (Phi) is 4.13. The molecule has 1 fully saturated rings. The van der Waals surface area contributed by atoms with Crippen LogP contribution in [0.2, 0.25) is 5.02 Å². The zero-order chi connectivity index (χ0) is 12.3. The van der Waals surface area contributed by atoms with Crippen LogP contribution in [0, 0.1) is 5.92 Å². The summed E-state index contributed by atoms with van der Waals surface area (Å²) in [6.45, 7) is 4.58. The summed E-state index contributed by atoms with van der Waals surface area (Å²) in [5.41, 5.74) is 1.09. The Labute approximate surface area is 107 Å². The molecule has 1 aromatic heterocycles. The quantitative estimate of drug-likeness (QED) is 0.829. The van der Waals surface area contributed by atoms with Gasteiger partial charge in [0.1, 0.15) is 5.78 Å². The van der Waals surface area contributed by atoms with Crippen LogP contribution >= 0.6 is 11.6 Å². The van der Waals surface area contributed by atoms with Crippen molar-refractivity contribution in [3.63, 3.8) is 0 Å². The fraction of sp³-hybridized carbons (Fsp3) is 0.538. The number of hydrogen-bond acceptors (Lipinski definition) is 3. The van der Waals surface area contributed by atoms with Crippen molar-refractivity contribution < 1.29 is 4.79 Å². The van der Waals surface area contributed by atoms with Crippen molar-refractivity contribution in [2.24, 2.45) is 5.92 Å². The molecular weight excluding hydrogens is 236 g/mol. The number of Topliss-reactive ketones (excluding diaryl/α,β-unsaturated/α-hetero) is 1. The summed E-state index contributed by atoms with van der Waals surface area (Å²) < 4.78 is 0. The van der Waals surface area contributed by atoms with Gasteiger partial charge >= 0.3 is 0 Å². The van der Waals surface area contributed by atoms with Gasteiger partial charge in [-0.1, -0.05) is 18.5 Å². The second kappa shape index (κ2) is 5.61. The van der Waals surface area contributed by atoms with Gasteiger partial charge in [0.15, 0.2) is 0 Å². The maximum Gasteiger partial charge on any atom is 0.138 e. The van der Waals surface area contributed by atoms with Crippen LogP contribution in [0.15, 0.2) is 18.5 Å². The first-order valence-electron chi connectivity index (χ1n) is 6.04. The van der Waals surface area contributed by atoms with Gasteiger partial charge in [-0.3, -0.25) is 14.7 Å². The largest absolute Gasteiger partial charge is 0.299 e. The molecule has 1 unspecified atom stereocenters. The number of halogens is 1. The zero-order valence-electron chi connectivity index (χ0n) is 10.0. The fourth-order valence-electron chi connectivity index (χ4n) is 2.25. The Morgan fingerprint density at radius 2 is 2.41 bits per heavy atom. The predicted octanol–water partition coefficient (Wildman–Crippen LogP) is 2.54. The van der Waals surface area contributed by atoms with E-state index < -0.39 is 0 Å². The molecule has 0 aliphatic carbocycles. The molecule has 1 aliphatic heterocycles. The topological polar surface area (TPSA) is 33.2 Å². The van der Waals surface area contributed by atoms with Crippen LogP contribution in [-0.4, -0.2) is 28.8 Å². The summed E-state index contributed by atoms with van der Waals surface area (Å²) in [5.74, 6) is 0.605. The maximum atomic E-state index is 11.6. The molecule has 2 rings (SSSR count). The summed E-state index contributed by atoms with van der Waals surface area (Å²) >= 11 is 6.09. The molecule has 0 bridgehead atoms. The molecule has 17 heavy (non-hydrogen) atoms. The van der Waals surface area contributed by atoms with Gasteiger partial charge in [-0.2, -0.15) is 0 Å². The number of ketones is 1. The third kappa shape index (κ3) is 3.05. The smallest absolute Gasteiger partial charge is 0.138 e. The van der Waals surface area contributed by atoms with Crippen molar-refractivity contribution in [1.82, 2.24) is 9.88 Å². The third-order valence-corrected chi connectivity index (χ3v) is 3.69. The van der Waals surface area contributed by atoms with Gasteiger partial charge in [0.25, 0.3) is 0 Å². The van der Waals surface area contributed by atoms with E-state index in [4.69, 9.17) is 11.6 Å². The lowest BCUT2D eigenvalue weighted by Crippen LogP contribution is -2.40. The van der Waals surface area contributed by atoms with E-state index in [0.717, 1.165) is 31.6 Å². The van der Waals surface area contributed by atoms with Gasteiger partial charge in [0, 0.05) is 44.4 Å². The van der Waals surface area contributed by atoms with Crippen LogP contribution in [0.3, 0.4) is 0 Å². The van der Waals surface area contributed by atoms with E-state index >= 15 is 0 Å². The Bertz CT molecular complexity index is 408. The molecule has 92 valence electrons. The highest BCUT2D eigenvalue weighted by molar-refractivity contribution is 6.31. The third-order valence-electron chi connectivity index (χ3n) is 3.35. The average molecular weight is 253 g/mol. The van der Waals surface area contributed by atoms with Gasteiger partial charge in [-0.25, -0.2) is 0 Å². The first kappa shape index (κ1) is 12.5. The number of carbonyl (C=O) groups is 1. The normalized spacial score (nSPS) is 21.8. The van der Waals surface area contributed by atoms with Gasteiger partial charge in [-0.05, 0) is 18.1 Å². The molecule has 3 nitrogen and oxygen atoms in total. The van der Waals surface area contributed by atoms with Gasteiger partial charge in [-0.15, -0.1) is 0 Å². The monoisotopic (exact) mass is 252 g/mol. The minimum atomic E-state index is 0.198. The van der Waals surface area contributed by atoms with Crippen LogP contribution in [0.5, 0.6) is 0 Å². The van der Waals surface area contributed by atoms with Crippen molar-refractivity contribution in [2.45, 2.75) is 26.3 Å². The number of aromatic nitrogens is 1. The minimum absolute atomic E-state index is 0.198. The van der Waals surface area contributed by atoms with Gasteiger partial charge in [0.05, 0.1) is 5.02 Å². The van der Waals surface area contributed by atoms with E-state index in [1.54, 1.807) is 12.4 Å². The summed E-state index contributed by atoms with van der Waals surface area (Å²) in [5, 5.41) is 0.706. The van der Waals surface area contributed by atoms with Crippen LogP contribution in [0.1, 0.15) is 25.3 Å². The summed E-state index contributed by atoms with van der Waals surface area (Å²) in [6.07, 6.45) is 5.03. The Hall–Kier alpha value is -0.930. The number of carbonyl (C=O) groups excluding carboxylic acids is 1. The Morgan fingerprint density at radius 3 is 3.12 bits per heavy atom. The molecular formula is C13H17ClN2O. The molecule has 0 N–H and O–H groups in total. The van der Waals surface area contributed by atoms with E-state index in [1.165, 1.54) is 0 Å². The number of pyridine rings is 1. The average Bonchev–Trinajstić information content (AvgIpc) is 2.34. The van der Waals surface area contributed by atoms with Crippen LogP contribution in [0.4, 0.5) is 0 Å². The van der Waals surface area contributed by atoms with E-state index in [2.05, 4.69) is 16.8 Å². The second-order valence-corrected chi connectivity index (χ2v) is 4.93. The highest BCUT2D eigenvalue weighted by Crippen LogP contribution is 2.21. The number of likely N-dealkylation sites (tertiary alicyclic amines) is 1. The van der Waals surface area contributed by atoms with Crippen molar-refractivity contribution in [2.75, 3.05) is 13.1 Å². The predicted molar refractivity (Wildman–Crippen MR) is 67.9 cm³/mol. The molecule has 1 aromatic rings. The van der Waals surface area contributed by atoms with Crippen LogP contribution in [0.25, 0.3) is 0 Å². The molecule has 0 saturated carbocycles. The second-order valence-electron chi connectivity index (χ2n) is 4.52. The lowest BCUT2D eigenvalue weighted by atomic mass is 9.94. The molecule has 0 radical (unpaired) electrons. The first-order chi connectivity index (χ1) is 8.20. The highest BCUT2D eigenvalue weighted by atomic mass is 35.5. The molecule has 0 amide bonds. The van der Waals surface area contributed by atoms with Crippen molar-refractivity contribution in [3.05, 3.63) is 29.0 Å². The molecule has 1 aliphatic rings. The lowest BCUT2D eigenvalue weighted by Gasteiger charge is -2.31. The zero-order valence-corrected chi connectivity index (χ0v) is 10.8. The molecule has 4 heteroatoms. The number of nitrogens with zero attached hydrogens (tertiary/aromatic N) is 2. The first-order valence-corrected chi connectivity index (χ1v) is 6.42. The highest BCUT2D eigenvalue weighted by Gasteiger charge is 2.25. The number of piperidine rings is 1. The van der Waals surface area contributed by atoms with E-state index in [0.29, 0.717) is 17.2 Å².